The van der Waals surface area contributed by atoms with Crippen molar-refractivity contribution in [2.75, 3.05) is 19.7 Å². The van der Waals surface area contributed by atoms with E-state index < -0.39 is 0 Å². The second kappa shape index (κ2) is 5.59. The van der Waals surface area contributed by atoms with Crippen LogP contribution < -0.4 is 10.6 Å². The van der Waals surface area contributed by atoms with E-state index >= 15 is 0 Å². The van der Waals surface area contributed by atoms with E-state index in [1.54, 1.807) is 0 Å². The van der Waals surface area contributed by atoms with Crippen LogP contribution in [0.1, 0.15) is 19.8 Å². The molecule has 1 fully saturated rings. The molecule has 1 heterocycles. The molecular formula is C9H17N2O3+. The van der Waals surface area contributed by atoms with Crippen LogP contribution in [0.4, 0.5) is 0 Å². The van der Waals surface area contributed by atoms with Crippen molar-refractivity contribution in [2.45, 2.75) is 25.8 Å². The summed E-state index contributed by atoms with van der Waals surface area (Å²) in [6.07, 6.45) is 0.984. The number of piperazine rings is 1. The van der Waals surface area contributed by atoms with Crippen molar-refractivity contribution in [1.29, 1.82) is 0 Å². The topological polar surface area (TPSA) is 72.0 Å². The Kier molecular flexibility index (Phi) is 4.39. The maximum atomic E-state index is 11.3. The maximum Gasteiger partial charge on any atom is 0.312 e. The molecule has 3 N–H and O–H groups in total. The fourth-order valence-corrected chi connectivity index (χ4v) is 1.35. The molecule has 0 radical (unpaired) electrons. The highest BCUT2D eigenvalue weighted by molar-refractivity contribution is 5.85. The molecule has 0 aliphatic carbocycles. The number of carbonyl (C=O) groups excluding carboxylic acids is 2. The Bertz CT molecular complexity index is 218. The summed E-state index contributed by atoms with van der Waals surface area (Å²) in [4.78, 5) is 22.4. The number of esters is 1. The van der Waals surface area contributed by atoms with Gasteiger partial charge in [0.1, 0.15) is 6.42 Å². The lowest BCUT2D eigenvalue weighted by Gasteiger charge is -2.19. The van der Waals surface area contributed by atoms with Gasteiger partial charge in [0.25, 0.3) is 5.91 Å². The lowest BCUT2D eigenvalue weighted by atomic mass is 10.1. The third kappa shape index (κ3) is 3.33. The van der Waals surface area contributed by atoms with Crippen molar-refractivity contribution in [1.82, 2.24) is 5.32 Å². The Hall–Kier alpha value is -1.10. The van der Waals surface area contributed by atoms with Crippen LogP contribution in [0.3, 0.4) is 0 Å². The number of amides is 1. The molecule has 80 valence electrons. The monoisotopic (exact) mass is 201 g/mol. The van der Waals surface area contributed by atoms with Crippen LogP contribution in [0.25, 0.3) is 0 Å². The molecule has 0 bridgehead atoms. The number of rotatable bonds is 4. The fraction of sp³-hybridized carbons (Fsp3) is 0.778. The van der Waals surface area contributed by atoms with Crippen LogP contribution in [0.2, 0.25) is 0 Å². The van der Waals surface area contributed by atoms with Crippen LogP contribution in [-0.4, -0.2) is 37.6 Å². The van der Waals surface area contributed by atoms with E-state index in [9.17, 15) is 9.59 Å². The van der Waals surface area contributed by atoms with Crippen LogP contribution in [0, 0.1) is 0 Å². The standard InChI is InChI=1S/C9H16N2O3/c1-2-5-14-8(12)6-7-9(13)11-4-3-10-7/h7,10H,2-6H2,1H3,(H,11,13)/p+1/t7-/m0/s1. The summed E-state index contributed by atoms with van der Waals surface area (Å²) in [7, 11) is 0. The van der Waals surface area contributed by atoms with E-state index in [0.717, 1.165) is 13.0 Å². The summed E-state index contributed by atoms with van der Waals surface area (Å²) in [6, 6.07) is -0.298. The van der Waals surface area contributed by atoms with E-state index in [0.29, 0.717) is 13.2 Å². The molecule has 0 saturated carbocycles. The lowest BCUT2D eigenvalue weighted by Crippen LogP contribution is -2.96. The second-order valence-corrected chi connectivity index (χ2v) is 3.35. The van der Waals surface area contributed by atoms with Gasteiger partial charge in [0.2, 0.25) is 0 Å². The minimum absolute atomic E-state index is 0.0651. The van der Waals surface area contributed by atoms with Gasteiger partial charge < -0.3 is 15.4 Å². The van der Waals surface area contributed by atoms with E-state index in [2.05, 4.69) is 5.32 Å². The van der Waals surface area contributed by atoms with Crippen molar-refractivity contribution in [3.63, 3.8) is 0 Å². The number of quaternary nitrogens is 1. The minimum atomic E-state index is -0.298. The van der Waals surface area contributed by atoms with Gasteiger partial charge in [-0.05, 0) is 6.42 Å². The zero-order valence-corrected chi connectivity index (χ0v) is 8.41. The average Bonchev–Trinajstić information content (AvgIpc) is 2.18. The van der Waals surface area contributed by atoms with Crippen molar-refractivity contribution in [3.8, 4) is 0 Å². The number of nitrogens with two attached hydrogens (primary N) is 1. The first kappa shape index (κ1) is 11.0. The highest BCUT2D eigenvalue weighted by Gasteiger charge is 2.28. The Labute approximate surface area is 83.2 Å². The second-order valence-electron chi connectivity index (χ2n) is 3.35. The molecule has 1 amide bonds. The molecule has 0 aromatic rings. The van der Waals surface area contributed by atoms with Gasteiger partial charge in [0, 0.05) is 0 Å². The quantitative estimate of drug-likeness (QED) is 0.538. The summed E-state index contributed by atoms with van der Waals surface area (Å²) < 4.78 is 4.90. The van der Waals surface area contributed by atoms with Gasteiger partial charge in [-0.25, -0.2) is 0 Å². The molecule has 5 heteroatoms. The van der Waals surface area contributed by atoms with Gasteiger partial charge in [-0.15, -0.1) is 0 Å². The highest BCUT2D eigenvalue weighted by atomic mass is 16.5. The summed E-state index contributed by atoms with van der Waals surface area (Å²) >= 11 is 0. The summed E-state index contributed by atoms with van der Waals surface area (Å²) in [5.74, 6) is -0.352. The van der Waals surface area contributed by atoms with Crippen molar-refractivity contribution >= 4 is 11.9 Å². The molecule has 0 aromatic heterocycles. The van der Waals surface area contributed by atoms with E-state index in [1.165, 1.54) is 0 Å². The normalized spacial score (nSPS) is 21.5. The Morgan fingerprint density at radius 2 is 2.50 bits per heavy atom. The number of nitrogens with one attached hydrogen (secondary N) is 1. The molecule has 1 saturated heterocycles. The SMILES string of the molecule is CCCOC(=O)C[C@@H]1[NH2+]CCNC1=O. The summed E-state index contributed by atoms with van der Waals surface area (Å²) in [5.41, 5.74) is 0. The molecule has 0 aromatic carbocycles. The van der Waals surface area contributed by atoms with Gasteiger partial charge in [-0.2, -0.15) is 0 Å². The third-order valence-electron chi connectivity index (χ3n) is 2.09. The summed E-state index contributed by atoms with van der Waals surface area (Å²) in [6.45, 7) is 3.89. The predicted octanol–water partition coefficient (Wildman–Crippen LogP) is -1.61. The van der Waals surface area contributed by atoms with Gasteiger partial charge >= 0.3 is 5.97 Å². The van der Waals surface area contributed by atoms with Gasteiger partial charge in [-0.1, -0.05) is 6.92 Å². The number of carbonyl (C=O) groups is 2. The molecular weight excluding hydrogens is 184 g/mol. The first-order valence-electron chi connectivity index (χ1n) is 5.00. The maximum absolute atomic E-state index is 11.3. The van der Waals surface area contributed by atoms with Crippen LogP contribution in [-0.2, 0) is 14.3 Å². The molecule has 5 nitrogen and oxygen atoms in total. The number of ether oxygens (including phenoxy) is 1. The minimum Gasteiger partial charge on any atom is -0.466 e. The fourth-order valence-electron chi connectivity index (χ4n) is 1.35. The number of hydrogen-bond donors (Lipinski definition) is 2. The largest absolute Gasteiger partial charge is 0.466 e. The molecule has 1 rings (SSSR count). The first-order valence-corrected chi connectivity index (χ1v) is 5.00. The van der Waals surface area contributed by atoms with Crippen molar-refractivity contribution in [2.24, 2.45) is 0 Å². The van der Waals surface area contributed by atoms with E-state index in [1.807, 2.05) is 12.2 Å². The predicted molar refractivity (Wildman–Crippen MR) is 49.5 cm³/mol. The van der Waals surface area contributed by atoms with Crippen molar-refractivity contribution in [3.05, 3.63) is 0 Å². The zero-order valence-electron chi connectivity index (χ0n) is 8.41. The molecule has 1 atom stereocenters. The van der Waals surface area contributed by atoms with Crippen molar-refractivity contribution < 1.29 is 19.6 Å². The smallest absolute Gasteiger partial charge is 0.312 e. The van der Waals surface area contributed by atoms with E-state index in [4.69, 9.17) is 4.74 Å². The third-order valence-corrected chi connectivity index (χ3v) is 2.09. The average molecular weight is 201 g/mol. The van der Waals surface area contributed by atoms with Gasteiger partial charge in [-0.3, -0.25) is 9.59 Å². The molecule has 1 aliphatic rings. The molecule has 0 spiro atoms. The highest BCUT2D eigenvalue weighted by Crippen LogP contribution is 1.94. The zero-order chi connectivity index (χ0) is 10.4. The molecule has 0 unspecified atom stereocenters. The van der Waals surface area contributed by atoms with Crippen LogP contribution >= 0.6 is 0 Å². The van der Waals surface area contributed by atoms with Crippen LogP contribution in [0.5, 0.6) is 0 Å². The Morgan fingerprint density at radius 1 is 1.71 bits per heavy atom. The molecule has 14 heavy (non-hydrogen) atoms. The van der Waals surface area contributed by atoms with Gasteiger partial charge in [0.05, 0.1) is 19.7 Å². The summed E-state index contributed by atoms with van der Waals surface area (Å²) in [5, 5.41) is 4.60. The Balaban J connectivity index is 2.27. The molecule has 1 aliphatic heterocycles. The van der Waals surface area contributed by atoms with Gasteiger partial charge in [0.15, 0.2) is 6.04 Å². The first-order chi connectivity index (χ1) is 6.74. The number of hydrogen-bond acceptors (Lipinski definition) is 3. The Morgan fingerprint density at radius 3 is 3.14 bits per heavy atom. The van der Waals surface area contributed by atoms with E-state index in [-0.39, 0.29) is 24.3 Å². The van der Waals surface area contributed by atoms with Crippen LogP contribution in [0.15, 0.2) is 0 Å². The lowest BCUT2D eigenvalue weighted by molar-refractivity contribution is -0.678.